The summed E-state index contributed by atoms with van der Waals surface area (Å²) in [5, 5.41) is 2.93. The highest BCUT2D eigenvalue weighted by molar-refractivity contribution is 5.79. The third-order valence-electron chi connectivity index (χ3n) is 4.26. The van der Waals surface area contributed by atoms with Crippen LogP contribution in [0.5, 0.6) is 11.6 Å². The summed E-state index contributed by atoms with van der Waals surface area (Å²) in [6, 6.07) is 9.39. The first-order chi connectivity index (χ1) is 12.6. The van der Waals surface area contributed by atoms with Crippen LogP contribution in [0.3, 0.4) is 0 Å². The van der Waals surface area contributed by atoms with Gasteiger partial charge in [0.2, 0.25) is 11.8 Å². The fourth-order valence-electron chi connectivity index (χ4n) is 2.67. The van der Waals surface area contributed by atoms with Crippen LogP contribution in [0.1, 0.15) is 29.7 Å². The van der Waals surface area contributed by atoms with Gasteiger partial charge in [0.15, 0.2) is 0 Å². The van der Waals surface area contributed by atoms with Gasteiger partial charge in [0, 0.05) is 30.7 Å². The zero-order valence-electron chi connectivity index (χ0n) is 15.1. The van der Waals surface area contributed by atoms with Gasteiger partial charge in [-0.2, -0.15) is 0 Å². The Bertz CT molecular complexity index is 870. The zero-order chi connectivity index (χ0) is 18.5. The highest BCUT2D eigenvalue weighted by Crippen LogP contribution is 2.29. The van der Waals surface area contributed by atoms with E-state index in [-0.39, 0.29) is 11.9 Å². The molecule has 3 rings (SSSR count). The second-order valence-corrected chi connectivity index (χ2v) is 6.19. The molecule has 0 fully saturated rings. The van der Waals surface area contributed by atoms with Crippen LogP contribution >= 0.6 is 0 Å². The van der Waals surface area contributed by atoms with Crippen molar-refractivity contribution in [3.8, 4) is 11.6 Å². The lowest BCUT2D eigenvalue weighted by Gasteiger charge is -2.16. The minimum Gasteiger partial charge on any atom is -0.438 e. The molecule has 0 radical (unpaired) electrons. The third-order valence-corrected chi connectivity index (χ3v) is 4.26. The van der Waals surface area contributed by atoms with Gasteiger partial charge >= 0.3 is 0 Å². The first kappa shape index (κ1) is 17.7. The number of nitrogens with one attached hydrogen (secondary N) is 1. The molecule has 1 amide bonds. The second kappa shape index (κ2) is 7.82. The SMILES string of the molecule is Cc1cccc(C)c1Oc1ncccc1CNC(=O)[C@@H](C)n1ccnc1. The number of nitrogens with zero attached hydrogens (tertiary/aromatic N) is 3. The molecular weight excluding hydrogens is 328 g/mol. The Hall–Kier alpha value is -3.15. The van der Waals surface area contributed by atoms with E-state index in [9.17, 15) is 4.79 Å². The van der Waals surface area contributed by atoms with Crippen molar-refractivity contribution in [2.75, 3.05) is 0 Å². The summed E-state index contributed by atoms with van der Waals surface area (Å²) >= 11 is 0. The van der Waals surface area contributed by atoms with E-state index in [0.29, 0.717) is 12.4 Å². The molecule has 0 saturated carbocycles. The molecule has 0 aliphatic heterocycles. The number of rotatable bonds is 6. The predicted molar refractivity (Wildman–Crippen MR) is 99.0 cm³/mol. The van der Waals surface area contributed by atoms with Gasteiger partial charge in [-0.05, 0) is 38.0 Å². The Morgan fingerprint density at radius 3 is 2.65 bits per heavy atom. The summed E-state index contributed by atoms with van der Waals surface area (Å²) < 4.78 is 7.82. The average Bonchev–Trinajstić information content (AvgIpc) is 3.17. The van der Waals surface area contributed by atoms with E-state index >= 15 is 0 Å². The van der Waals surface area contributed by atoms with Crippen molar-refractivity contribution < 1.29 is 9.53 Å². The molecule has 0 saturated heterocycles. The molecule has 0 aliphatic rings. The Kier molecular flexibility index (Phi) is 5.31. The van der Waals surface area contributed by atoms with E-state index in [0.717, 1.165) is 22.4 Å². The van der Waals surface area contributed by atoms with Crippen LogP contribution in [0.4, 0.5) is 0 Å². The average molecular weight is 350 g/mol. The Labute approximate surface area is 152 Å². The van der Waals surface area contributed by atoms with Gasteiger partial charge in [0.1, 0.15) is 11.8 Å². The summed E-state index contributed by atoms with van der Waals surface area (Å²) in [5.74, 6) is 1.20. The van der Waals surface area contributed by atoms with Crippen LogP contribution in [-0.4, -0.2) is 20.4 Å². The molecule has 2 aromatic heterocycles. The van der Waals surface area contributed by atoms with Crippen LogP contribution in [-0.2, 0) is 11.3 Å². The van der Waals surface area contributed by atoms with E-state index in [2.05, 4.69) is 15.3 Å². The molecule has 1 atom stereocenters. The molecule has 0 aliphatic carbocycles. The number of hydrogen-bond acceptors (Lipinski definition) is 4. The predicted octanol–water partition coefficient (Wildman–Crippen LogP) is 3.56. The lowest BCUT2D eigenvalue weighted by atomic mass is 10.1. The summed E-state index contributed by atoms with van der Waals surface area (Å²) in [4.78, 5) is 20.7. The molecule has 1 N–H and O–H groups in total. The van der Waals surface area contributed by atoms with Gasteiger partial charge in [-0.25, -0.2) is 9.97 Å². The van der Waals surface area contributed by atoms with Gasteiger partial charge in [-0.15, -0.1) is 0 Å². The van der Waals surface area contributed by atoms with Crippen molar-refractivity contribution in [1.82, 2.24) is 19.9 Å². The molecule has 26 heavy (non-hydrogen) atoms. The smallest absolute Gasteiger partial charge is 0.243 e. The van der Waals surface area contributed by atoms with Crippen molar-refractivity contribution >= 4 is 5.91 Å². The minimum atomic E-state index is -0.336. The van der Waals surface area contributed by atoms with Gasteiger partial charge in [0.05, 0.1) is 6.33 Å². The molecule has 6 nitrogen and oxygen atoms in total. The number of imidazole rings is 1. The van der Waals surface area contributed by atoms with Crippen LogP contribution < -0.4 is 10.1 Å². The highest BCUT2D eigenvalue weighted by atomic mass is 16.5. The van der Waals surface area contributed by atoms with E-state index in [1.54, 1.807) is 29.5 Å². The maximum Gasteiger partial charge on any atom is 0.243 e. The van der Waals surface area contributed by atoms with E-state index < -0.39 is 0 Å². The number of para-hydroxylation sites is 1. The second-order valence-electron chi connectivity index (χ2n) is 6.19. The molecule has 0 spiro atoms. The molecule has 6 heteroatoms. The topological polar surface area (TPSA) is 69.0 Å². The summed E-state index contributed by atoms with van der Waals surface area (Å²) in [6.07, 6.45) is 6.73. The number of aryl methyl sites for hydroxylation is 2. The van der Waals surface area contributed by atoms with Crippen molar-refractivity contribution in [2.45, 2.75) is 33.4 Å². The Morgan fingerprint density at radius 2 is 1.96 bits per heavy atom. The lowest BCUT2D eigenvalue weighted by molar-refractivity contribution is -0.124. The first-order valence-corrected chi connectivity index (χ1v) is 8.49. The quantitative estimate of drug-likeness (QED) is 0.738. The summed E-state index contributed by atoms with van der Waals surface area (Å²) in [6.45, 7) is 6.17. The summed E-state index contributed by atoms with van der Waals surface area (Å²) in [5.41, 5.74) is 2.90. The normalized spacial score (nSPS) is 11.8. The van der Waals surface area contributed by atoms with Crippen molar-refractivity contribution in [2.24, 2.45) is 0 Å². The molecule has 1 aromatic carbocycles. The molecule has 0 unspecified atom stereocenters. The standard InChI is InChI=1S/C20H22N4O2/c1-14-6-4-7-15(2)18(14)26-20-17(8-5-9-22-20)12-23-19(25)16(3)24-11-10-21-13-24/h4-11,13,16H,12H2,1-3H3,(H,23,25)/t16-/m1/s1. The lowest BCUT2D eigenvalue weighted by Crippen LogP contribution is -2.30. The molecule has 3 aromatic rings. The van der Waals surface area contributed by atoms with Crippen molar-refractivity contribution in [3.63, 3.8) is 0 Å². The maximum absolute atomic E-state index is 12.4. The molecule has 2 heterocycles. The summed E-state index contributed by atoms with van der Waals surface area (Å²) in [7, 11) is 0. The molecular formula is C20H22N4O2. The van der Waals surface area contributed by atoms with Crippen LogP contribution in [0.2, 0.25) is 0 Å². The number of hydrogen-bond donors (Lipinski definition) is 1. The minimum absolute atomic E-state index is 0.0927. The van der Waals surface area contributed by atoms with Crippen molar-refractivity contribution in [1.29, 1.82) is 0 Å². The first-order valence-electron chi connectivity index (χ1n) is 8.49. The Morgan fingerprint density at radius 1 is 1.19 bits per heavy atom. The van der Waals surface area contributed by atoms with Gasteiger partial charge in [0.25, 0.3) is 0 Å². The number of carbonyl (C=O) groups is 1. The van der Waals surface area contributed by atoms with E-state index in [1.165, 1.54) is 0 Å². The number of pyridine rings is 1. The number of benzene rings is 1. The van der Waals surface area contributed by atoms with Crippen LogP contribution in [0.15, 0.2) is 55.2 Å². The number of ether oxygens (including phenoxy) is 1. The zero-order valence-corrected chi connectivity index (χ0v) is 15.1. The van der Waals surface area contributed by atoms with Gasteiger partial charge < -0.3 is 14.6 Å². The third kappa shape index (κ3) is 3.91. The fourth-order valence-corrected chi connectivity index (χ4v) is 2.67. The number of amides is 1. The van der Waals surface area contributed by atoms with Crippen LogP contribution in [0, 0.1) is 13.8 Å². The molecule has 134 valence electrons. The number of aromatic nitrogens is 3. The Balaban J connectivity index is 1.72. The monoisotopic (exact) mass is 350 g/mol. The van der Waals surface area contributed by atoms with Gasteiger partial charge in [-0.3, -0.25) is 4.79 Å². The number of carbonyl (C=O) groups excluding carboxylic acids is 1. The largest absolute Gasteiger partial charge is 0.438 e. The van der Waals surface area contributed by atoms with E-state index in [4.69, 9.17) is 4.74 Å². The van der Waals surface area contributed by atoms with E-state index in [1.807, 2.05) is 51.1 Å². The maximum atomic E-state index is 12.4. The van der Waals surface area contributed by atoms with Gasteiger partial charge in [-0.1, -0.05) is 24.3 Å². The highest BCUT2D eigenvalue weighted by Gasteiger charge is 2.15. The molecule has 0 bridgehead atoms. The van der Waals surface area contributed by atoms with Crippen LogP contribution in [0.25, 0.3) is 0 Å². The van der Waals surface area contributed by atoms with Crippen molar-refractivity contribution in [3.05, 3.63) is 71.9 Å². The fraction of sp³-hybridized carbons (Fsp3) is 0.250.